The SMILES string of the molecule is CC(O)(c1ccccc1CC(=O)O)C1CC1. The number of benzene rings is 1. The Hall–Kier alpha value is -1.35. The molecule has 16 heavy (non-hydrogen) atoms. The Bertz CT molecular complexity index is 405. The van der Waals surface area contributed by atoms with Gasteiger partial charge in [0.05, 0.1) is 12.0 Å². The molecule has 0 bridgehead atoms. The van der Waals surface area contributed by atoms with E-state index in [-0.39, 0.29) is 12.3 Å². The Morgan fingerprint density at radius 3 is 2.62 bits per heavy atom. The Morgan fingerprint density at radius 2 is 2.06 bits per heavy atom. The summed E-state index contributed by atoms with van der Waals surface area (Å²) in [4.78, 5) is 10.8. The van der Waals surface area contributed by atoms with Crippen LogP contribution in [-0.4, -0.2) is 16.2 Å². The number of aliphatic hydroxyl groups is 1. The minimum Gasteiger partial charge on any atom is -0.481 e. The number of carboxylic acids is 1. The second kappa shape index (κ2) is 3.91. The summed E-state index contributed by atoms with van der Waals surface area (Å²) in [6, 6.07) is 7.26. The lowest BCUT2D eigenvalue weighted by atomic mass is 9.86. The molecule has 0 amide bonds. The van der Waals surface area contributed by atoms with Crippen LogP contribution in [0.15, 0.2) is 24.3 Å². The average Bonchev–Trinajstić information content (AvgIpc) is 3.00. The van der Waals surface area contributed by atoms with Gasteiger partial charge in [-0.15, -0.1) is 0 Å². The first-order valence-electron chi connectivity index (χ1n) is 5.54. The highest BCUT2D eigenvalue weighted by Gasteiger charge is 2.42. The molecule has 0 heterocycles. The molecular formula is C13H16O3. The average molecular weight is 220 g/mol. The third-order valence-electron chi connectivity index (χ3n) is 3.28. The highest BCUT2D eigenvalue weighted by atomic mass is 16.4. The normalized spacial score (nSPS) is 19.1. The van der Waals surface area contributed by atoms with Gasteiger partial charge in [0.15, 0.2) is 0 Å². The zero-order chi connectivity index (χ0) is 11.8. The van der Waals surface area contributed by atoms with Crippen LogP contribution in [0.5, 0.6) is 0 Å². The maximum absolute atomic E-state index is 10.8. The largest absolute Gasteiger partial charge is 0.481 e. The monoisotopic (exact) mass is 220 g/mol. The molecule has 3 heteroatoms. The van der Waals surface area contributed by atoms with Gasteiger partial charge in [-0.1, -0.05) is 24.3 Å². The van der Waals surface area contributed by atoms with E-state index in [0.29, 0.717) is 5.56 Å². The molecule has 3 nitrogen and oxygen atoms in total. The lowest BCUT2D eigenvalue weighted by Gasteiger charge is -2.26. The molecule has 1 aromatic rings. The third kappa shape index (κ3) is 2.09. The molecular weight excluding hydrogens is 204 g/mol. The van der Waals surface area contributed by atoms with Crippen molar-refractivity contribution in [2.75, 3.05) is 0 Å². The van der Waals surface area contributed by atoms with Gasteiger partial charge in [-0.05, 0) is 36.8 Å². The molecule has 0 radical (unpaired) electrons. The Morgan fingerprint density at radius 1 is 1.44 bits per heavy atom. The standard InChI is InChI=1S/C13H16O3/c1-13(16,10-6-7-10)11-5-3-2-4-9(11)8-12(14)15/h2-5,10,16H,6-8H2,1H3,(H,14,15). The summed E-state index contributed by atoms with van der Waals surface area (Å²) in [5, 5.41) is 19.3. The summed E-state index contributed by atoms with van der Waals surface area (Å²) in [5.74, 6) is -0.582. The predicted molar refractivity (Wildman–Crippen MR) is 60.1 cm³/mol. The fourth-order valence-electron chi connectivity index (χ4n) is 2.20. The second-order valence-corrected chi connectivity index (χ2v) is 4.65. The van der Waals surface area contributed by atoms with Crippen molar-refractivity contribution < 1.29 is 15.0 Å². The van der Waals surface area contributed by atoms with Crippen molar-refractivity contribution in [1.82, 2.24) is 0 Å². The molecule has 0 saturated heterocycles. The lowest BCUT2D eigenvalue weighted by Crippen LogP contribution is -2.26. The van der Waals surface area contributed by atoms with E-state index >= 15 is 0 Å². The lowest BCUT2D eigenvalue weighted by molar-refractivity contribution is -0.136. The van der Waals surface area contributed by atoms with Gasteiger partial charge in [0.1, 0.15) is 0 Å². The molecule has 1 atom stereocenters. The van der Waals surface area contributed by atoms with Gasteiger partial charge in [-0.2, -0.15) is 0 Å². The summed E-state index contributed by atoms with van der Waals surface area (Å²) in [5.41, 5.74) is 0.596. The number of carbonyl (C=O) groups is 1. The van der Waals surface area contributed by atoms with Gasteiger partial charge in [0.2, 0.25) is 0 Å². The highest BCUT2D eigenvalue weighted by molar-refractivity contribution is 5.71. The summed E-state index contributed by atoms with van der Waals surface area (Å²) in [6.45, 7) is 1.78. The number of rotatable bonds is 4. The van der Waals surface area contributed by atoms with Gasteiger partial charge in [0, 0.05) is 0 Å². The molecule has 2 N–H and O–H groups in total. The van der Waals surface area contributed by atoms with E-state index in [4.69, 9.17) is 5.11 Å². The van der Waals surface area contributed by atoms with Gasteiger partial charge < -0.3 is 10.2 Å². The first-order chi connectivity index (χ1) is 7.51. The molecule has 1 saturated carbocycles. The van der Waals surface area contributed by atoms with E-state index in [9.17, 15) is 9.90 Å². The van der Waals surface area contributed by atoms with Crippen molar-refractivity contribution in [3.63, 3.8) is 0 Å². The van der Waals surface area contributed by atoms with Gasteiger partial charge >= 0.3 is 5.97 Å². The van der Waals surface area contributed by atoms with Crippen molar-refractivity contribution in [3.8, 4) is 0 Å². The van der Waals surface area contributed by atoms with Gasteiger partial charge in [-0.25, -0.2) is 0 Å². The molecule has 1 fully saturated rings. The van der Waals surface area contributed by atoms with Crippen LogP contribution in [0.3, 0.4) is 0 Å². The molecule has 0 aliphatic heterocycles. The number of aliphatic carboxylic acids is 1. The van der Waals surface area contributed by atoms with Crippen molar-refractivity contribution in [1.29, 1.82) is 0 Å². The van der Waals surface area contributed by atoms with Crippen LogP contribution in [0, 0.1) is 5.92 Å². The van der Waals surface area contributed by atoms with Crippen LogP contribution in [0.1, 0.15) is 30.9 Å². The Balaban J connectivity index is 2.35. The van der Waals surface area contributed by atoms with E-state index in [1.807, 2.05) is 18.2 Å². The maximum atomic E-state index is 10.8. The molecule has 1 aliphatic carbocycles. The molecule has 0 spiro atoms. The summed E-state index contributed by atoms with van der Waals surface area (Å²) in [6.07, 6.45) is 2.02. The van der Waals surface area contributed by atoms with Crippen LogP contribution in [0.25, 0.3) is 0 Å². The van der Waals surface area contributed by atoms with E-state index in [2.05, 4.69) is 0 Å². The minimum atomic E-state index is -0.883. The molecule has 1 aliphatic rings. The first-order valence-corrected chi connectivity index (χ1v) is 5.54. The Labute approximate surface area is 94.7 Å². The molecule has 2 rings (SSSR count). The zero-order valence-corrected chi connectivity index (χ0v) is 9.31. The number of hydrogen-bond donors (Lipinski definition) is 2. The topological polar surface area (TPSA) is 57.5 Å². The molecule has 1 aromatic carbocycles. The smallest absolute Gasteiger partial charge is 0.307 e. The van der Waals surface area contributed by atoms with Crippen molar-refractivity contribution in [3.05, 3.63) is 35.4 Å². The van der Waals surface area contributed by atoms with E-state index in [1.54, 1.807) is 13.0 Å². The van der Waals surface area contributed by atoms with E-state index in [1.165, 1.54) is 0 Å². The van der Waals surface area contributed by atoms with Crippen molar-refractivity contribution in [2.45, 2.75) is 31.8 Å². The fraction of sp³-hybridized carbons (Fsp3) is 0.462. The second-order valence-electron chi connectivity index (χ2n) is 4.65. The van der Waals surface area contributed by atoms with Crippen LogP contribution in [-0.2, 0) is 16.8 Å². The van der Waals surface area contributed by atoms with Crippen LogP contribution >= 0.6 is 0 Å². The minimum absolute atomic E-state index is 0.0287. The predicted octanol–water partition coefficient (Wildman–Crippen LogP) is 1.93. The van der Waals surface area contributed by atoms with Crippen molar-refractivity contribution >= 4 is 5.97 Å². The van der Waals surface area contributed by atoms with Crippen LogP contribution in [0.2, 0.25) is 0 Å². The van der Waals surface area contributed by atoms with E-state index < -0.39 is 11.6 Å². The Kier molecular flexibility index (Phi) is 2.72. The van der Waals surface area contributed by atoms with Crippen LogP contribution in [0.4, 0.5) is 0 Å². The third-order valence-corrected chi connectivity index (χ3v) is 3.28. The summed E-state index contributed by atoms with van der Waals surface area (Å²) >= 11 is 0. The molecule has 1 unspecified atom stereocenters. The fourth-order valence-corrected chi connectivity index (χ4v) is 2.20. The highest BCUT2D eigenvalue weighted by Crippen LogP contribution is 2.46. The van der Waals surface area contributed by atoms with Gasteiger partial charge in [-0.3, -0.25) is 4.79 Å². The zero-order valence-electron chi connectivity index (χ0n) is 9.31. The van der Waals surface area contributed by atoms with E-state index in [0.717, 1.165) is 18.4 Å². The number of carboxylic acid groups (broad SMARTS) is 1. The summed E-state index contributed by atoms with van der Waals surface area (Å²) < 4.78 is 0. The van der Waals surface area contributed by atoms with Crippen molar-refractivity contribution in [2.24, 2.45) is 5.92 Å². The molecule has 0 aromatic heterocycles. The summed E-state index contributed by atoms with van der Waals surface area (Å²) in [7, 11) is 0. The maximum Gasteiger partial charge on any atom is 0.307 e. The first kappa shape index (κ1) is 11.1. The van der Waals surface area contributed by atoms with Crippen LogP contribution < -0.4 is 0 Å². The van der Waals surface area contributed by atoms with Gasteiger partial charge in [0.25, 0.3) is 0 Å². The molecule has 86 valence electrons. The number of hydrogen-bond acceptors (Lipinski definition) is 2. The quantitative estimate of drug-likeness (QED) is 0.815.